The van der Waals surface area contributed by atoms with Crippen molar-refractivity contribution in [2.24, 2.45) is 0 Å². The Labute approximate surface area is 303 Å². The van der Waals surface area contributed by atoms with Crippen LogP contribution in [0.2, 0.25) is 49.3 Å². The summed E-state index contributed by atoms with van der Waals surface area (Å²) in [5, 5.41) is 3.86. The molecule has 0 bridgehead atoms. The summed E-state index contributed by atoms with van der Waals surface area (Å²) in [5.74, 6) is 0. The zero-order valence-corrected chi connectivity index (χ0v) is 38.8. The molecule has 0 aliphatic rings. The summed E-state index contributed by atoms with van der Waals surface area (Å²) in [6.07, 6.45) is 10.1. The van der Waals surface area contributed by atoms with Crippen molar-refractivity contribution in [1.29, 1.82) is 0 Å². The first-order valence-corrected chi connectivity index (χ1v) is 42.2. The van der Waals surface area contributed by atoms with E-state index in [1.165, 1.54) is 20.7 Å². The predicted octanol–water partition coefficient (Wildman–Crippen LogP) is 5.65. The van der Waals surface area contributed by atoms with Crippen molar-refractivity contribution in [3.63, 3.8) is 0 Å². The number of nitrogens with zero attached hydrogens (tertiary/aromatic N) is 3. The van der Waals surface area contributed by atoms with Gasteiger partial charge in [0, 0.05) is 23.2 Å². The molecular formula is C27H55Cl2Li2N3S3SiSn2. The number of thiazole rings is 3. The number of hydrogen-bond acceptors (Lipinski definition) is 6. The molecule has 13 heteroatoms. The minimum absolute atomic E-state index is 0. The monoisotopic (exact) mass is 869 g/mol. The summed E-state index contributed by atoms with van der Waals surface area (Å²) >= 11 is 7.26. The third kappa shape index (κ3) is 72.6. The number of halogens is 2. The second kappa shape index (κ2) is 36.0. The molecule has 0 radical (unpaired) electrons. The van der Waals surface area contributed by atoms with E-state index in [0.29, 0.717) is 0 Å². The molecule has 0 unspecified atom stereocenters. The second-order valence-corrected chi connectivity index (χ2v) is 55.6. The minimum atomic E-state index is -1.78. The summed E-state index contributed by atoms with van der Waals surface area (Å²) in [5.41, 5.74) is 3.58. The Bertz CT molecular complexity index is 705. The van der Waals surface area contributed by atoms with Crippen LogP contribution in [0.5, 0.6) is 0 Å². The number of aromatic nitrogens is 3. The molecule has 224 valence electrons. The summed E-state index contributed by atoms with van der Waals surface area (Å²) in [6, 6.07) is 0. The maximum Gasteiger partial charge on any atom is 1.00 e. The van der Waals surface area contributed by atoms with Gasteiger partial charge < -0.3 is 13.8 Å². The molecule has 0 aliphatic heterocycles. The van der Waals surface area contributed by atoms with E-state index in [9.17, 15) is 0 Å². The standard InChI is InChI=1S/C4H4NS.2C4H9.C3H9ClSi.2C3H3NS.6CH3.ClH.2Li.2Sn/c1-4-2-5-3-6-4;2*1-3-4-2;1-5(2,3)4;2*1-2-5-3-4-1;;;;;;;;;;;/h2H,1H3;2*1,3-4H2,2H3;1-3H3;2*1-3H;6*1H3;1H;;;;/q;2*-1;;;;;;;;;;;2*+1;;+1/p-1. The molecule has 0 atom stereocenters. The SMILES string of the molecule is C[Si](C)(C)Cl.Cc1cn[c]([Sn]([CH3])([CH3])[CH3])s1.[CH2-]CCC.[CH2-]CCC.[CH3][Sn]([CH3])([CH3])[Cl].[Li+].[Li+].c1cscn1.c1cscn1. The van der Waals surface area contributed by atoms with Gasteiger partial charge in [-0.25, -0.2) is 0 Å². The molecule has 3 nitrogen and oxygen atoms in total. The number of rotatable bonds is 3. The van der Waals surface area contributed by atoms with Crippen LogP contribution in [-0.2, 0) is 0 Å². The van der Waals surface area contributed by atoms with Gasteiger partial charge in [0.15, 0.2) is 0 Å². The van der Waals surface area contributed by atoms with Crippen LogP contribution in [0, 0.1) is 20.8 Å². The van der Waals surface area contributed by atoms with Gasteiger partial charge in [0.25, 0.3) is 0 Å². The molecule has 0 saturated carbocycles. The van der Waals surface area contributed by atoms with Gasteiger partial charge in [-0.2, -0.15) is 23.9 Å². The normalized spacial score (nSPS) is 9.50. The zero-order chi connectivity index (χ0) is 30.7. The van der Waals surface area contributed by atoms with Gasteiger partial charge in [-0.05, 0) is 0 Å². The average Bonchev–Trinajstić information content (AvgIpc) is 3.56. The largest absolute Gasteiger partial charge is 1.00 e. The van der Waals surface area contributed by atoms with E-state index in [1.54, 1.807) is 46.1 Å². The molecule has 40 heavy (non-hydrogen) atoms. The van der Waals surface area contributed by atoms with Gasteiger partial charge in [-0.3, -0.25) is 9.97 Å². The van der Waals surface area contributed by atoms with E-state index in [-0.39, 0.29) is 37.7 Å². The summed E-state index contributed by atoms with van der Waals surface area (Å²) in [4.78, 5) is 26.9. The fraction of sp³-hybridized carbons (Fsp3) is 0.593. The summed E-state index contributed by atoms with van der Waals surface area (Å²) < 4.78 is 1.44. The molecular weight excluding hydrogens is 813 g/mol. The van der Waals surface area contributed by atoms with E-state index in [4.69, 9.17) is 20.0 Å². The molecule has 3 rings (SSSR count). The Hall–Kier alpha value is 2.48. The molecule has 3 aromatic rings. The van der Waals surface area contributed by atoms with Gasteiger partial charge in [0.1, 0.15) is 7.38 Å². The first kappa shape index (κ1) is 54.9. The van der Waals surface area contributed by atoms with Crippen molar-refractivity contribution < 1.29 is 37.7 Å². The Kier molecular flexibility index (Phi) is 49.4. The molecule has 0 fully saturated rings. The smallest absolute Gasteiger partial charge is 0.253 e. The minimum Gasteiger partial charge on any atom is -0.253 e. The molecule has 0 aliphatic carbocycles. The molecule has 0 spiro atoms. The van der Waals surface area contributed by atoms with E-state index < -0.39 is 43.0 Å². The Morgan fingerprint density at radius 2 is 1.12 bits per heavy atom. The molecule has 0 N–H and O–H groups in total. The molecule has 0 amide bonds. The maximum atomic E-state index is 5.74. The van der Waals surface area contributed by atoms with Crippen molar-refractivity contribution in [3.05, 3.63) is 59.1 Å². The second-order valence-electron chi connectivity index (χ2n) is 10.7. The van der Waals surface area contributed by atoms with Crippen LogP contribution in [0.3, 0.4) is 0 Å². The first-order chi connectivity index (χ1) is 17.3. The van der Waals surface area contributed by atoms with E-state index >= 15 is 0 Å². The van der Waals surface area contributed by atoms with Gasteiger partial charge in [0.05, 0.1) is 11.0 Å². The predicted molar refractivity (Wildman–Crippen MR) is 193 cm³/mol. The molecule has 3 heterocycles. The molecule has 0 saturated heterocycles. The van der Waals surface area contributed by atoms with Crippen molar-refractivity contribution in [2.75, 3.05) is 0 Å². The number of unbranched alkanes of at least 4 members (excludes halogenated alkanes) is 2. The third-order valence-electron chi connectivity index (χ3n) is 2.66. The fourth-order valence-corrected chi connectivity index (χ4v) is 7.87. The summed E-state index contributed by atoms with van der Waals surface area (Å²) in [6.45, 7) is 19.8. The first-order valence-electron chi connectivity index (χ1n) is 12.9. The number of hydrogen-bond donors (Lipinski definition) is 0. The van der Waals surface area contributed by atoms with Crippen LogP contribution in [0.25, 0.3) is 0 Å². The zero-order valence-electron chi connectivity index (χ0n) is 28.1. The third-order valence-corrected chi connectivity index (χ3v) is 13.4. The Morgan fingerprint density at radius 3 is 1.20 bits per heavy atom. The van der Waals surface area contributed by atoms with Gasteiger partial charge in [-0.15, -0.1) is 22.7 Å². The van der Waals surface area contributed by atoms with E-state index in [0.717, 1.165) is 12.8 Å². The van der Waals surface area contributed by atoms with Crippen LogP contribution in [0.1, 0.15) is 44.4 Å². The van der Waals surface area contributed by atoms with Crippen molar-refractivity contribution in [2.45, 2.75) is 95.7 Å². The number of aryl methyl sites for hydroxylation is 1. The van der Waals surface area contributed by atoms with E-state index in [1.807, 2.05) is 28.3 Å². The quantitative estimate of drug-likeness (QED) is 0.194. The van der Waals surface area contributed by atoms with Crippen LogP contribution < -0.4 is 40.7 Å². The van der Waals surface area contributed by atoms with Gasteiger partial charge >= 0.3 is 149 Å². The van der Waals surface area contributed by atoms with Crippen LogP contribution in [-0.4, -0.2) is 58.0 Å². The van der Waals surface area contributed by atoms with Crippen molar-refractivity contribution in [3.8, 4) is 0 Å². The van der Waals surface area contributed by atoms with Crippen LogP contribution >= 0.6 is 54.0 Å². The maximum absolute atomic E-state index is 5.74. The van der Waals surface area contributed by atoms with Crippen molar-refractivity contribution in [1.82, 2.24) is 15.0 Å². The van der Waals surface area contributed by atoms with Crippen LogP contribution in [0.4, 0.5) is 0 Å². The van der Waals surface area contributed by atoms with Gasteiger partial charge in [0.2, 0.25) is 0 Å². The molecule has 0 aromatic carbocycles. The summed E-state index contributed by atoms with van der Waals surface area (Å²) in [7, 11) is 4.60. The Balaban J connectivity index is -0.0000000862. The van der Waals surface area contributed by atoms with Gasteiger partial charge in [-0.1, -0.05) is 46.3 Å². The fourth-order valence-electron chi connectivity index (χ4n) is 1.05. The Morgan fingerprint density at radius 1 is 0.825 bits per heavy atom. The molecule has 3 aromatic heterocycles. The van der Waals surface area contributed by atoms with E-state index in [2.05, 4.69) is 98.8 Å². The average molecular weight is 868 g/mol. The van der Waals surface area contributed by atoms with Crippen LogP contribution in [0.15, 0.2) is 40.4 Å². The van der Waals surface area contributed by atoms with Crippen molar-refractivity contribution >= 4 is 100 Å². The topological polar surface area (TPSA) is 38.7 Å².